The van der Waals surface area contributed by atoms with E-state index in [4.69, 9.17) is 16.3 Å². The predicted molar refractivity (Wildman–Crippen MR) is 222 cm³/mol. The SMILES string of the molecule is CC1(C)C(NC(=O)c2ccc(NCCNC3CCC4(CC3)CN(c3ccc5c(c3)C(=O)N(C3CCC(=O)NC3=O)C5=O)C4)cc2)C(C)(C)C1Oc1ccc(C#N)c(Cl)c1. The molecule has 0 aromatic heterocycles. The van der Waals surface area contributed by atoms with E-state index in [-0.39, 0.29) is 47.1 Å². The highest BCUT2D eigenvalue weighted by molar-refractivity contribution is 6.31. The zero-order valence-corrected chi connectivity index (χ0v) is 34.6. The van der Waals surface area contributed by atoms with Crippen LogP contribution in [0.15, 0.2) is 60.7 Å². The van der Waals surface area contributed by atoms with E-state index in [2.05, 4.69) is 59.9 Å². The standard InChI is InChI=1S/C45H50ClN7O6/c1-43(2)41(44(3,4)42(43)59-31-11-7-27(23-47)34(46)22-31)51-37(55)26-5-8-28(9-6-26)48-19-20-49-29-15-17-45(18-16-29)24-52(25-45)30-10-12-32-33(21-30)40(58)53(39(32)57)35-13-14-36(54)50-38(35)56/h5-12,21-22,29,35,41-42,48-49H,13-20,24-25H2,1-4H3,(H,51,55)(H,50,54,56). The molecule has 13 nitrogen and oxygen atoms in total. The lowest BCUT2D eigenvalue weighted by atomic mass is 9.49. The minimum Gasteiger partial charge on any atom is -0.489 e. The second-order valence-corrected chi connectivity index (χ2v) is 18.5. The molecule has 1 atom stereocenters. The molecule has 3 heterocycles. The number of halogens is 1. The number of amides is 5. The zero-order valence-electron chi connectivity index (χ0n) is 33.8. The fourth-order valence-corrected chi connectivity index (χ4v) is 10.6. The maximum atomic E-state index is 13.4. The van der Waals surface area contributed by atoms with Crippen molar-refractivity contribution in [2.75, 3.05) is 36.4 Å². The van der Waals surface area contributed by atoms with Crippen LogP contribution in [0.25, 0.3) is 0 Å². The van der Waals surface area contributed by atoms with E-state index in [0.717, 1.165) is 68.1 Å². The van der Waals surface area contributed by atoms with Crippen LogP contribution in [0.5, 0.6) is 5.75 Å². The Labute approximate surface area is 349 Å². The number of nitrogens with zero attached hydrogens (tertiary/aromatic N) is 3. The van der Waals surface area contributed by atoms with Crippen LogP contribution in [0.4, 0.5) is 11.4 Å². The smallest absolute Gasteiger partial charge is 0.262 e. The summed E-state index contributed by atoms with van der Waals surface area (Å²) in [5, 5.41) is 22.2. The largest absolute Gasteiger partial charge is 0.489 e. The summed E-state index contributed by atoms with van der Waals surface area (Å²) < 4.78 is 6.36. The van der Waals surface area contributed by atoms with E-state index in [0.29, 0.717) is 39.1 Å². The van der Waals surface area contributed by atoms with Crippen LogP contribution < -0.4 is 30.9 Å². The topological polar surface area (TPSA) is 173 Å². The molecule has 59 heavy (non-hydrogen) atoms. The quantitative estimate of drug-likeness (QED) is 0.139. The normalized spacial score (nSPS) is 24.1. The van der Waals surface area contributed by atoms with Gasteiger partial charge in [0.05, 0.1) is 21.7 Å². The first-order valence-electron chi connectivity index (χ1n) is 20.5. The van der Waals surface area contributed by atoms with Crippen molar-refractivity contribution in [2.45, 2.75) is 90.4 Å². The van der Waals surface area contributed by atoms with E-state index in [1.807, 2.05) is 30.3 Å². The van der Waals surface area contributed by atoms with Crippen LogP contribution in [-0.4, -0.2) is 84.8 Å². The number of imide groups is 2. The maximum Gasteiger partial charge on any atom is 0.262 e. The van der Waals surface area contributed by atoms with Gasteiger partial charge >= 0.3 is 0 Å². The highest BCUT2D eigenvalue weighted by Crippen LogP contribution is 2.55. The summed E-state index contributed by atoms with van der Waals surface area (Å²) in [5.74, 6) is -1.51. The number of piperidine rings is 1. The molecule has 14 heteroatoms. The summed E-state index contributed by atoms with van der Waals surface area (Å²) in [4.78, 5) is 67.1. The number of hydrogen-bond donors (Lipinski definition) is 4. The number of carbonyl (C=O) groups excluding carboxylic acids is 5. The van der Waals surface area contributed by atoms with Crippen molar-refractivity contribution < 1.29 is 28.7 Å². The second-order valence-electron chi connectivity index (χ2n) is 18.1. The first-order valence-corrected chi connectivity index (χ1v) is 20.8. The van der Waals surface area contributed by atoms with Gasteiger partial charge < -0.3 is 25.6 Å². The average Bonchev–Trinajstić information content (AvgIpc) is 3.44. The summed E-state index contributed by atoms with van der Waals surface area (Å²) in [7, 11) is 0. The third-order valence-corrected chi connectivity index (χ3v) is 13.7. The number of nitriles is 1. The van der Waals surface area contributed by atoms with Crippen molar-refractivity contribution in [1.82, 2.24) is 20.9 Å². The van der Waals surface area contributed by atoms with Crippen molar-refractivity contribution in [1.29, 1.82) is 5.26 Å². The average molecular weight is 820 g/mol. The van der Waals surface area contributed by atoms with Crippen LogP contribution in [0.2, 0.25) is 5.02 Å². The Bertz CT molecular complexity index is 2240. The number of hydrogen-bond acceptors (Lipinski definition) is 10. The van der Waals surface area contributed by atoms with E-state index in [1.165, 1.54) is 0 Å². The summed E-state index contributed by atoms with van der Waals surface area (Å²) in [6.45, 7) is 11.7. The molecule has 1 spiro atoms. The van der Waals surface area contributed by atoms with Crippen molar-refractivity contribution in [3.05, 3.63) is 87.9 Å². The van der Waals surface area contributed by atoms with Crippen LogP contribution >= 0.6 is 11.6 Å². The van der Waals surface area contributed by atoms with Gasteiger partial charge in [0.25, 0.3) is 17.7 Å². The molecule has 308 valence electrons. The first kappa shape index (κ1) is 40.3. The van der Waals surface area contributed by atoms with Gasteiger partial charge in [-0.25, -0.2) is 0 Å². The number of rotatable bonds is 11. The molecule has 5 aliphatic rings. The molecule has 2 aliphatic carbocycles. The number of carbonyl (C=O) groups is 5. The molecule has 2 saturated heterocycles. The summed E-state index contributed by atoms with van der Waals surface area (Å²) in [6, 6.07) is 19.4. The predicted octanol–water partition coefficient (Wildman–Crippen LogP) is 5.68. The molecule has 8 rings (SSSR count). The number of fused-ring (bicyclic) bond motifs is 1. The van der Waals surface area contributed by atoms with Gasteiger partial charge in [-0.2, -0.15) is 5.26 Å². The molecule has 4 N–H and O–H groups in total. The minimum atomic E-state index is -0.970. The van der Waals surface area contributed by atoms with E-state index >= 15 is 0 Å². The molecule has 3 aromatic rings. The third-order valence-electron chi connectivity index (χ3n) is 13.4. The molecule has 0 radical (unpaired) electrons. The highest BCUT2D eigenvalue weighted by atomic mass is 35.5. The Balaban J connectivity index is 0.752. The number of benzene rings is 3. The van der Waals surface area contributed by atoms with Crippen LogP contribution in [0.1, 0.15) is 103 Å². The van der Waals surface area contributed by atoms with E-state index in [9.17, 15) is 29.2 Å². The fourth-order valence-electron chi connectivity index (χ4n) is 10.4. The van der Waals surface area contributed by atoms with Crippen molar-refractivity contribution in [2.24, 2.45) is 16.2 Å². The zero-order chi connectivity index (χ0) is 41.9. The molecule has 0 bridgehead atoms. The summed E-state index contributed by atoms with van der Waals surface area (Å²) in [5.41, 5.74) is 2.97. The van der Waals surface area contributed by atoms with Crippen molar-refractivity contribution in [3.8, 4) is 11.8 Å². The molecular weight excluding hydrogens is 770 g/mol. The number of anilines is 2. The van der Waals surface area contributed by atoms with Gasteiger partial charge in [0.15, 0.2) is 0 Å². The summed E-state index contributed by atoms with van der Waals surface area (Å²) in [6.07, 6.45) is 4.43. The summed E-state index contributed by atoms with van der Waals surface area (Å²) >= 11 is 6.24. The monoisotopic (exact) mass is 819 g/mol. The van der Waals surface area contributed by atoms with Crippen molar-refractivity contribution in [3.63, 3.8) is 0 Å². The van der Waals surface area contributed by atoms with Crippen molar-refractivity contribution >= 4 is 52.5 Å². The number of ether oxygens (including phenoxy) is 1. The maximum absolute atomic E-state index is 13.4. The minimum absolute atomic E-state index is 0.0924. The van der Waals surface area contributed by atoms with Gasteiger partial charge in [-0.1, -0.05) is 39.3 Å². The second kappa shape index (κ2) is 15.3. The Morgan fingerprint density at radius 1 is 0.898 bits per heavy atom. The Hall–Kier alpha value is -5.45. The van der Waals surface area contributed by atoms with Gasteiger partial charge in [-0.3, -0.25) is 34.2 Å². The molecule has 1 unspecified atom stereocenters. The lowest BCUT2D eigenvalue weighted by Gasteiger charge is -2.63. The lowest BCUT2D eigenvalue weighted by molar-refractivity contribution is -0.164. The molecule has 2 saturated carbocycles. The Morgan fingerprint density at radius 3 is 2.25 bits per heavy atom. The Kier molecular flexibility index (Phi) is 10.5. The van der Waals surface area contributed by atoms with Gasteiger partial charge in [-0.15, -0.1) is 0 Å². The molecule has 4 fully saturated rings. The molecule has 5 amide bonds. The van der Waals surface area contributed by atoms with Gasteiger partial charge in [-0.05, 0) is 86.7 Å². The van der Waals surface area contributed by atoms with E-state index in [1.54, 1.807) is 30.3 Å². The van der Waals surface area contributed by atoms with Gasteiger partial charge in [0, 0.05) is 83.9 Å². The van der Waals surface area contributed by atoms with Gasteiger partial charge in [0.1, 0.15) is 24.0 Å². The lowest BCUT2D eigenvalue weighted by Crippen LogP contribution is -2.74. The fraction of sp³-hybridized carbons (Fsp3) is 0.467. The molecular formula is C45H50ClN7O6. The third kappa shape index (κ3) is 7.42. The van der Waals surface area contributed by atoms with Crippen LogP contribution in [-0.2, 0) is 9.59 Å². The Morgan fingerprint density at radius 2 is 1.59 bits per heavy atom. The van der Waals surface area contributed by atoms with E-state index < -0.39 is 29.7 Å². The van der Waals surface area contributed by atoms with Crippen LogP contribution in [0.3, 0.4) is 0 Å². The van der Waals surface area contributed by atoms with Crippen LogP contribution in [0, 0.1) is 27.6 Å². The van der Waals surface area contributed by atoms with Gasteiger partial charge in [0.2, 0.25) is 11.8 Å². The molecule has 3 aliphatic heterocycles. The molecule has 3 aromatic carbocycles. The number of nitrogens with one attached hydrogen (secondary N) is 4. The first-order chi connectivity index (χ1) is 28.1. The highest BCUT2D eigenvalue weighted by Gasteiger charge is 2.64.